The molecule has 0 aliphatic heterocycles. The molecule has 0 bridgehead atoms. The topological polar surface area (TPSA) is 9.23 Å². The van der Waals surface area contributed by atoms with Crippen molar-refractivity contribution in [2.24, 2.45) is 0 Å². The van der Waals surface area contributed by atoms with Crippen LogP contribution in [0.3, 0.4) is 0 Å². The maximum Gasteiger partial charge on any atom is 0.127 e. The Bertz CT molecular complexity index is 473. The molecule has 0 spiro atoms. The van der Waals surface area contributed by atoms with Gasteiger partial charge in [0.25, 0.3) is 0 Å². The molecule has 2 aliphatic rings. The average molecular weight is 242 g/mol. The second-order valence-corrected chi connectivity index (χ2v) is 5.09. The van der Waals surface area contributed by atoms with Crippen LogP contribution < -0.4 is 4.74 Å². The van der Waals surface area contributed by atoms with Crippen molar-refractivity contribution >= 4 is 0 Å². The van der Waals surface area contributed by atoms with E-state index in [-0.39, 0.29) is 0 Å². The highest BCUT2D eigenvalue weighted by Gasteiger charge is 2.09. The van der Waals surface area contributed by atoms with E-state index in [1.807, 2.05) is 0 Å². The summed E-state index contributed by atoms with van der Waals surface area (Å²) in [4.78, 5) is 0. The van der Waals surface area contributed by atoms with Crippen LogP contribution in [0.2, 0.25) is 0 Å². The lowest BCUT2D eigenvalue weighted by atomic mass is 10.0. The highest BCUT2D eigenvalue weighted by Crippen LogP contribution is 2.34. The molecule has 0 saturated heterocycles. The Morgan fingerprint density at radius 1 is 1.11 bits per heavy atom. The second kappa shape index (κ2) is 5.90. The molecule has 0 radical (unpaired) electrons. The highest BCUT2D eigenvalue weighted by molar-refractivity contribution is 5.73. The molecule has 96 valence electrons. The Balaban J connectivity index is 2.33. The number of ether oxygens (including phenoxy) is 1. The van der Waals surface area contributed by atoms with Crippen LogP contribution in [0.25, 0.3) is 11.1 Å². The van der Waals surface area contributed by atoms with Crippen molar-refractivity contribution in [3.63, 3.8) is 0 Å². The summed E-state index contributed by atoms with van der Waals surface area (Å²) in [5, 5.41) is 0. The standard InChI is InChI=1S/C17H22O/c1-4-5-11-18-17-10-9-14(13(2)3)12-15-7-6-8-16(15)17/h6-10,12-13H,4-5,11H2,1-3H3. The van der Waals surface area contributed by atoms with Crippen LogP contribution >= 0.6 is 0 Å². The van der Waals surface area contributed by atoms with Gasteiger partial charge in [0, 0.05) is 5.56 Å². The number of hydrogen-bond donors (Lipinski definition) is 0. The lowest BCUT2D eigenvalue weighted by molar-refractivity contribution is 0.311. The summed E-state index contributed by atoms with van der Waals surface area (Å²) in [6.45, 7) is 7.44. The zero-order chi connectivity index (χ0) is 13.0. The van der Waals surface area contributed by atoms with Gasteiger partial charge in [-0.15, -0.1) is 0 Å². The Kier molecular flexibility index (Phi) is 4.24. The van der Waals surface area contributed by atoms with Gasteiger partial charge >= 0.3 is 0 Å². The van der Waals surface area contributed by atoms with E-state index >= 15 is 0 Å². The molecule has 1 heteroatoms. The van der Waals surface area contributed by atoms with Crippen molar-refractivity contribution in [3.05, 3.63) is 42.0 Å². The van der Waals surface area contributed by atoms with Gasteiger partial charge in [-0.25, -0.2) is 0 Å². The second-order valence-electron chi connectivity index (χ2n) is 5.09. The lowest BCUT2D eigenvalue weighted by Gasteiger charge is -2.06. The predicted octanol–water partition coefficient (Wildman–Crippen LogP) is 5.09. The molecule has 0 aromatic carbocycles. The summed E-state index contributed by atoms with van der Waals surface area (Å²) in [5.41, 5.74) is 3.85. The lowest BCUT2D eigenvalue weighted by Crippen LogP contribution is -1.96. The van der Waals surface area contributed by atoms with E-state index in [1.165, 1.54) is 23.1 Å². The minimum atomic E-state index is 0.541. The molecular formula is C17H22O. The Morgan fingerprint density at radius 2 is 1.94 bits per heavy atom. The zero-order valence-electron chi connectivity index (χ0n) is 11.6. The normalized spacial score (nSPS) is 11.1. The Labute approximate surface area is 110 Å². The van der Waals surface area contributed by atoms with Gasteiger partial charge in [-0.05, 0) is 29.5 Å². The van der Waals surface area contributed by atoms with E-state index in [0.717, 1.165) is 18.8 Å². The quantitative estimate of drug-likeness (QED) is 0.663. The SMILES string of the molecule is CCCCOc1ccc(C(C)C)cc2cccc1-2. The van der Waals surface area contributed by atoms with E-state index in [0.29, 0.717) is 5.92 Å². The maximum absolute atomic E-state index is 5.91. The van der Waals surface area contributed by atoms with Crippen molar-refractivity contribution in [3.8, 4) is 16.9 Å². The summed E-state index contributed by atoms with van der Waals surface area (Å²) in [6, 6.07) is 13.0. The molecule has 0 atom stereocenters. The molecule has 0 unspecified atom stereocenters. The fraction of sp³-hybridized carbons (Fsp3) is 0.412. The molecule has 0 aromatic rings. The molecule has 0 saturated carbocycles. The largest absolute Gasteiger partial charge is 0.493 e. The monoisotopic (exact) mass is 242 g/mol. The van der Waals surface area contributed by atoms with Gasteiger partial charge in [0.2, 0.25) is 0 Å². The number of hydrogen-bond acceptors (Lipinski definition) is 1. The van der Waals surface area contributed by atoms with E-state index < -0.39 is 0 Å². The zero-order valence-corrected chi connectivity index (χ0v) is 11.6. The molecule has 1 nitrogen and oxygen atoms in total. The van der Waals surface area contributed by atoms with E-state index in [2.05, 4.69) is 57.2 Å². The minimum absolute atomic E-state index is 0.541. The van der Waals surface area contributed by atoms with Gasteiger partial charge < -0.3 is 4.74 Å². The first-order valence-corrected chi connectivity index (χ1v) is 6.88. The summed E-state index contributed by atoms with van der Waals surface area (Å²) in [6.07, 6.45) is 2.28. The van der Waals surface area contributed by atoms with Crippen LogP contribution in [-0.2, 0) is 0 Å². The van der Waals surface area contributed by atoms with Gasteiger partial charge in [0.1, 0.15) is 5.75 Å². The fourth-order valence-electron chi connectivity index (χ4n) is 2.09. The van der Waals surface area contributed by atoms with Crippen LogP contribution in [0.4, 0.5) is 0 Å². The predicted molar refractivity (Wildman–Crippen MR) is 77.6 cm³/mol. The van der Waals surface area contributed by atoms with E-state index in [4.69, 9.17) is 4.74 Å². The van der Waals surface area contributed by atoms with Crippen molar-refractivity contribution in [2.75, 3.05) is 6.61 Å². The first kappa shape index (κ1) is 12.9. The third-order valence-electron chi connectivity index (χ3n) is 3.29. The molecule has 0 heterocycles. The summed E-state index contributed by atoms with van der Waals surface area (Å²) in [7, 11) is 0. The fourth-order valence-corrected chi connectivity index (χ4v) is 2.09. The molecule has 0 N–H and O–H groups in total. The number of unbranched alkanes of at least 4 members (excludes halogenated alkanes) is 1. The van der Waals surface area contributed by atoms with Crippen LogP contribution in [0.15, 0.2) is 36.4 Å². The third kappa shape index (κ3) is 2.84. The van der Waals surface area contributed by atoms with Crippen molar-refractivity contribution in [2.45, 2.75) is 39.5 Å². The summed E-state index contributed by atoms with van der Waals surface area (Å²) < 4.78 is 5.91. The van der Waals surface area contributed by atoms with Crippen LogP contribution in [0, 0.1) is 0 Å². The Morgan fingerprint density at radius 3 is 2.67 bits per heavy atom. The van der Waals surface area contributed by atoms with E-state index in [9.17, 15) is 0 Å². The van der Waals surface area contributed by atoms with Crippen LogP contribution in [0.1, 0.15) is 45.1 Å². The van der Waals surface area contributed by atoms with Gasteiger partial charge in [-0.1, -0.05) is 57.5 Å². The molecule has 18 heavy (non-hydrogen) atoms. The highest BCUT2D eigenvalue weighted by atomic mass is 16.5. The van der Waals surface area contributed by atoms with Crippen LogP contribution in [-0.4, -0.2) is 6.61 Å². The number of rotatable bonds is 5. The average Bonchev–Trinajstić information content (AvgIpc) is 2.73. The van der Waals surface area contributed by atoms with Crippen molar-refractivity contribution < 1.29 is 4.74 Å². The molecule has 0 aromatic heterocycles. The van der Waals surface area contributed by atoms with Crippen molar-refractivity contribution in [1.29, 1.82) is 0 Å². The number of fused-ring (bicyclic) bond motifs is 1. The summed E-state index contributed by atoms with van der Waals surface area (Å²) >= 11 is 0. The Hall–Kier alpha value is -1.50. The maximum atomic E-state index is 5.91. The third-order valence-corrected chi connectivity index (χ3v) is 3.29. The molecule has 0 amide bonds. The molecule has 2 aliphatic carbocycles. The minimum Gasteiger partial charge on any atom is -0.493 e. The molecular weight excluding hydrogens is 220 g/mol. The molecule has 0 fully saturated rings. The van der Waals surface area contributed by atoms with Gasteiger partial charge in [-0.3, -0.25) is 0 Å². The van der Waals surface area contributed by atoms with Gasteiger partial charge in [-0.2, -0.15) is 0 Å². The first-order chi connectivity index (χ1) is 8.72. The van der Waals surface area contributed by atoms with E-state index in [1.54, 1.807) is 0 Å². The van der Waals surface area contributed by atoms with Gasteiger partial charge in [0.05, 0.1) is 6.61 Å². The van der Waals surface area contributed by atoms with Crippen LogP contribution in [0.5, 0.6) is 5.75 Å². The van der Waals surface area contributed by atoms with Gasteiger partial charge in [0.15, 0.2) is 0 Å². The van der Waals surface area contributed by atoms with Crippen molar-refractivity contribution in [1.82, 2.24) is 0 Å². The first-order valence-electron chi connectivity index (χ1n) is 6.88. The summed E-state index contributed by atoms with van der Waals surface area (Å²) in [5.74, 6) is 1.55. The smallest absolute Gasteiger partial charge is 0.127 e. The molecule has 2 rings (SSSR count).